The van der Waals surface area contributed by atoms with Gasteiger partial charge in [0.2, 0.25) is 0 Å². The summed E-state index contributed by atoms with van der Waals surface area (Å²) in [4.78, 5) is 12.6. The first kappa shape index (κ1) is 9.22. The molecule has 12 heavy (non-hydrogen) atoms. The van der Waals surface area contributed by atoms with Crippen LogP contribution in [0.3, 0.4) is 0 Å². The van der Waals surface area contributed by atoms with E-state index in [4.69, 9.17) is 11.5 Å². The zero-order valence-electron chi connectivity index (χ0n) is 7.18. The molecule has 1 amide bonds. The summed E-state index contributed by atoms with van der Waals surface area (Å²) in [6, 6.07) is 0. The van der Waals surface area contributed by atoms with Crippen molar-refractivity contribution in [3.05, 3.63) is 20.9 Å². The first-order chi connectivity index (χ1) is 5.57. The summed E-state index contributed by atoms with van der Waals surface area (Å²) in [5, 5.41) is 0. The van der Waals surface area contributed by atoms with Crippen molar-refractivity contribution in [2.24, 2.45) is 11.5 Å². The van der Waals surface area contributed by atoms with Gasteiger partial charge in [0, 0.05) is 11.4 Å². The highest BCUT2D eigenvalue weighted by Crippen LogP contribution is 2.26. The van der Waals surface area contributed by atoms with E-state index >= 15 is 0 Å². The Hall–Kier alpha value is -0.870. The first-order valence-corrected chi connectivity index (χ1v) is 4.48. The van der Waals surface area contributed by atoms with Crippen molar-refractivity contribution in [3.8, 4) is 0 Å². The lowest BCUT2D eigenvalue weighted by atomic mass is 10.1. The van der Waals surface area contributed by atoms with E-state index in [1.165, 1.54) is 11.3 Å². The molecular weight excluding hydrogens is 172 g/mol. The van der Waals surface area contributed by atoms with Gasteiger partial charge in [-0.3, -0.25) is 4.79 Å². The van der Waals surface area contributed by atoms with Crippen molar-refractivity contribution < 1.29 is 4.79 Å². The fraction of sp³-hybridized carbons (Fsp3) is 0.375. The van der Waals surface area contributed by atoms with Crippen LogP contribution in [0.5, 0.6) is 0 Å². The van der Waals surface area contributed by atoms with Crippen LogP contribution in [0.15, 0.2) is 0 Å². The molecule has 0 spiro atoms. The van der Waals surface area contributed by atoms with E-state index in [1.807, 2.05) is 13.8 Å². The number of nitrogens with two attached hydrogens (primary N) is 2. The Kier molecular flexibility index (Phi) is 2.49. The lowest BCUT2D eigenvalue weighted by Gasteiger charge is -1.93. The third kappa shape index (κ3) is 1.35. The van der Waals surface area contributed by atoms with Gasteiger partial charge in [0.1, 0.15) is 0 Å². The number of carbonyl (C=O) groups is 1. The van der Waals surface area contributed by atoms with Crippen LogP contribution in [0.1, 0.15) is 25.7 Å². The topological polar surface area (TPSA) is 69.1 Å². The fourth-order valence-electron chi connectivity index (χ4n) is 1.09. The molecule has 1 aromatic heterocycles. The Labute approximate surface area is 75.4 Å². The number of carbonyl (C=O) groups excluding carboxylic acids is 1. The standard InChI is InChI=1S/C8H12N2OS/c1-4-5(2)7(8(10)11)12-6(4)3-9/h3,9H2,1-2H3,(H2,10,11). The second-order valence-electron chi connectivity index (χ2n) is 2.67. The molecule has 0 saturated heterocycles. The summed E-state index contributed by atoms with van der Waals surface area (Å²) in [6.45, 7) is 4.33. The fourth-order valence-corrected chi connectivity index (χ4v) is 2.13. The molecule has 0 aliphatic carbocycles. The van der Waals surface area contributed by atoms with Crippen molar-refractivity contribution in [3.63, 3.8) is 0 Å². The second kappa shape index (κ2) is 3.25. The van der Waals surface area contributed by atoms with E-state index in [-0.39, 0.29) is 5.91 Å². The van der Waals surface area contributed by atoms with Crippen LogP contribution in [0, 0.1) is 13.8 Å². The Balaban J connectivity index is 3.25. The highest BCUT2D eigenvalue weighted by molar-refractivity contribution is 7.14. The van der Waals surface area contributed by atoms with Gasteiger partial charge in [0.25, 0.3) is 5.91 Å². The molecule has 3 nitrogen and oxygen atoms in total. The molecule has 1 heterocycles. The van der Waals surface area contributed by atoms with Gasteiger partial charge in [-0.25, -0.2) is 0 Å². The van der Waals surface area contributed by atoms with Gasteiger partial charge in [0.05, 0.1) is 4.88 Å². The van der Waals surface area contributed by atoms with E-state index in [0.717, 1.165) is 16.0 Å². The maximum absolute atomic E-state index is 10.9. The minimum Gasteiger partial charge on any atom is -0.365 e. The van der Waals surface area contributed by atoms with Crippen molar-refractivity contribution >= 4 is 17.2 Å². The molecule has 0 atom stereocenters. The van der Waals surface area contributed by atoms with Crippen LogP contribution in [0.2, 0.25) is 0 Å². The Morgan fingerprint density at radius 2 is 2.00 bits per heavy atom. The predicted molar refractivity (Wildman–Crippen MR) is 50.2 cm³/mol. The molecule has 0 aromatic carbocycles. The normalized spacial score (nSPS) is 10.2. The minimum atomic E-state index is -0.361. The van der Waals surface area contributed by atoms with Gasteiger partial charge in [-0.2, -0.15) is 0 Å². The maximum Gasteiger partial charge on any atom is 0.259 e. The Morgan fingerprint density at radius 1 is 1.42 bits per heavy atom. The lowest BCUT2D eigenvalue weighted by Crippen LogP contribution is -2.10. The molecule has 1 aromatic rings. The minimum absolute atomic E-state index is 0.361. The molecule has 4 N–H and O–H groups in total. The van der Waals surface area contributed by atoms with Crippen LogP contribution < -0.4 is 11.5 Å². The Morgan fingerprint density at radius 3 is 2.25 bits per heavy atom. The van der Waals surface area contributed by atoms with Gasteiger partial charge in [-0.1, -0.05) is 0 Å². The van der Waals surface area contributed by atoms with Gasteiger partial charge < -0.3 is 11.5 Å². The highest BCUT2D eigenvalue weighted by atomic mass is 32.1. The lowest BCUT2D eigenvalue weighted by molar-refractivity contribution is 0.100. The highest BCUT2D eigenvalue weighted by Gasteiger charge is 2.13. The number of rotatable bonds is 2. The quantitative estimate of drug-likeness (QED) is 0.717. The largest absolute Gasteiger partial charge is 0.365 e. The monoisotopic (exact) mass is 184 g/mol. The van der Waals surface area contributed by atoms with Gasteiger partial charge in [-0.15, -0.1) is 11.3 Å². The zero-order chi connectivity index (χ0) is 9.30. The summed E-state index contributed by atoms with van der Waals surface area (Å²) < 4.78 is 0. The predicted octanol–water partition coefficient (Wildman–Crippen LogP) is 0.923. The third-order valence-electron chi connectivity index (χ3n) is 1.96. The summed E-state index contributed by atoms with van der Waals surface area (Å²) in [7, 11) is 0. The van der Waals surface area contributed by atoms with Crippen LogP contribution in [-0.2, 0) is 6.54 Å². The van der Waals surface area contributed by atoms with Gasteiger partial charge in [0.15, 0.2) is 0 Å². The average Bonchev–Trinajstić information content (AvgIpc) is 2.30. The molecule has 66 valence electrons. The summed E-state index contributed by atoms with van der Waals surface area (Å²) in [5.74, 6) is -0.361. The molecule has 0 aliphatic heterocycles. The molecule has 0 aliphatic rings. The van der Waals surface area contributed by atoms with E-state index in [1.54, 1.807) is 0 Å². The van der Waals surface area contributed by atoms with Crippen molar-refractivity contribution in [1.29, 1.82) is 0 Å². The van der Waals surface area contributed by atoms with Crippen molar-refractivity contribution in [2.75, 3.05) is 0 Å². The van der Waals surface area contributed by atoms with E-state index in [2.05, 4.69) is 0 Å². The number of amides is 1. The molecule has 0 fully saturated rings. The van der Waals surface area contributed by atoms with Crippen LogP contribution >= 0.6 is 11.3 Å². The SMILES string of the molecule is Cc1c(CN)sc(C(N)=O)c1C. The van der Waals surface area contributed by atoms with Gasteiger partial charge in [-0.05, 0) is 25.0 Å². The smallest absolute Gasteiger partial charge is 0.259 e. The molecule has 1 rings (SSSR count). The average molecular weight is 184 g/mol. The van der Waals surface area contributed by atoms with Crippen molar-refractivity contribution in [2.45, 2.75) is 20.4 Å². The zero-order valence-corrected chi connectivity index (χ0v) is 7.99. The molecule has 0 radical (unpaired) electrons. The first-order valence-electron chi connectivity index (χ1n) is 3.66. The van der Waals surface area contributed by atoms with E-state index < -0.39 is 0 Å². The Bertz CT molecular complexity index is 317. The molecule has 0 unspecified atom stereocenters. The second-order valence-corrected chi connectivity index (χ2v) is 3.78. The third-order valence-corrected chi connectivity index (χ3v) is 3.39. The summed E-state index contributed by atoms with van der Waals surface area (Å²) in [5.41, 5.74) is 12.7. The number of thiophene rings is 1. The molecule has 0 bridgehead atoms. The summed E-state index contributed by atoms with van der Waals surface area (Å²) >= 11 is 1.39. The molecule has 4 heteroatoms. The van der Waals surface area contributed by atoms with Crippen molar-refractivity contribution in [1.82, 2.24) is 0 Å². The van der Waals surface area contributed by atoms with E-state index in [9.17, 15) is 4.79 Å². The molecular formula is C8H12N2OS. The van der Waals surface area contributed by atoms with Crippen LogP contribution in [-0.4, -0.2) is 5.91 Å². The maximum atomic E-state index is 10.9. The number of primary amides is 1. The summed E-state index contributed by atoms with van der Waals surface area (Å²) in [6.07, 6.45) is 0. The van der Waals surface area contributed by atoms with Crippen LogP contribution in [0.4, 0.5) is 0 Å². The van der Waals surface area contributed by atoms with Crippen LogP contribution in [0.25, 0.3) is 0 Å². The van der Waals surface area contributed by atoms with E-state index in [0.29, 0.717) is 11.4 Å². The number of hydrogen-bond donors (Lipinski definition) is 2. The molecule has 0 saturated carbocycles. The number of hydrogen-bond acceptors (Lipinski definition) is 3. The van der Waals surface area contributed by atoms with Gasteiger partial charge >= 0.3 is 0 Å².